The van der Waals surface area contributed by atoms with Gasteiger partial charge in [0.1, 0.15) is 19.6 Å². The van der Waals surface area contributed by atoms with Crippen molar-refractivity contribution < 1.29 is 14.6 Å². The van der Waals surface area contributed by atoms with Crippen LogP contribution in [0.5, 0.6) is 0 Å². The predicted molar refractivity (Wildman–Crippen MR) is 129 cm³/mol. The Morgan fingerprint density at radius 3 is 2.76 bits per heavy atom. The van der Waals surface area contributed by atoms with Crippen molar-refractivity contribution >= 4 is 35.9 Å². The molecule has 1 aliphatic rings. The highest BCUT2D eigenvalue weighted by molar-refractivity contribution is 6.34. The van der Waals surface area contributed by atoms with E-state index in [2.05, 4.69) is 4.98 Å². The molecule has 1 N–H and O–H groups in total. The standard InChI is InChI=1S/C23H27BClN3O5/c1-27-21-19(18(16(24)13-26-21)20(29)14-6-8-15(25)9-7-14)22(30)28(23(27)31)10-4-12-33-17-5-2-3-11-32-17/h6-9,13,17,20,29H,2-5,10-12,24H2,1H3. The monoisotopic (exact) mass is 471 g/mol. The van der Waals surface area contributed by atoms with E-state index in [0.29, 0.717) is 41.2 Å². The fraction of sp³-hybridized carbons (Fsp3) is 0.435. The summed E-state index contributed by atoms with van der Waals surface area (Å²) in [5, 5.41) is 11.9. The lowest BCUT2D eigenvalue weighted by molar-refractivity contribution is -0.163. The van der Waals surface area contributed by atoms with E-state index in [0.717, 1.165) is 19.3 Å². The number of aliphatic hydroxyl groups excluding tert-OH is 1. The van der Waals surface area contributed by atoms with E-state index in [4.69, 9.17) is 21.1 Å². The molecule has 8 nitrogen and oxygen atoms in total. The van der Waals surface area contributed by atoms with Crippen molar-refractivity contribution in [2.24, 2.45) is 7.05 Å². The molecule has 1 aliphatic heterocycles. The Kier molecular flexibility index (Phi) is 7.33. The van der Waals surface area contributed by atoms with E-state index in [1.807, 2.05) is 0 Å². The molecule has 0 aliphatic carbocycles. The molecule has 1 fully saturated rings. The Bertz CT molecular complexity index is 1250. The summed E-state index contributed by atoms with van der Waals surface area (Å²) in [6, 6.07) is 6.79. The first kappa shape index (κ1) is 23.7. The van der Waals surface area contributed by atoms with Crippen LogP contribution in [0.25, 0.3) is 11.0 Å². The zero-order valence-electron chi connectivity index (χ0n) is 18.8. The summed E-state index contributed by atoms with van der Waals surface area (Å²) in [4.78, 5) is 30.7. The molecular formula is C23H27BClN3O5. The van der Waals surface area contributed by atoms with Gasteiger partial charge in [-0.25, -0.2) is 9.78 Å². The lowest BCUT2D eigenvalue weighted by Crippen LogP contribution is -2.41. The number of fused-ring (bicyclic) bond motifs is 1. The van der Waals surface area contributed by atoms with E-state index < -0.39 is 17.4 Å². The maximum Gasteiger partial charge on any atom is 0.332 e. The third-order valence-electron chi connectivity index (χ3n) is 6.02. The molecule has 1 aromatic carbocycles. The van der Waals surface area contributed by atoms with Gasteiger partial charge in [-0.1, -0.05) is 29.2 Å². The highest BCUT2D eigenvalue weighted by Crippen LogP contribution is 2.25. The van der Waals surface area contributed by atoms with Crippen LogP contribution >= 0.6 is 11.6 Å². The average Bonchev–Trinajstić information content (AvgIpc) is 2.82. The van der Waals surface area contributed by atoms with E-state index in [-0.39, 0.29) is 23.9 Å². The molecule has 0 bridgehead atoms. The molecule has 0 amide bonds. The number of nitrogens with zero attached hydrogens (tertiary/aromatic N) is 3. The average molecular weight is 472 g/mol. The molecule has 33 heavy (non-hydrogen) atoms. The summed E-state index contributed by atoms with van der Waals surface area (Å²) in [6.45, 7) is 1.27. The smallest absolute Gasteiger partial charge is 0.332 e. The Morgan fingerprint density at radius 2 is 2.06 bits per heavy atom. The van der Waals surface area contributed by atoms with Gasteiger partial charge in [0.05, 0.1) is 12.0 Å². The molecule has 0 spiro atoms. The maximum atomic E-state index is 13.5. The van der Waals surface area contributed by atoms with E-state index in [9.17, 15) is 14.7 Å². The van der Waals surface area contributed by atoms with Crippen molar-refractivity contribution in [3.05, 3.63) is 67.4 Å². The van der Waals surface area contributed by atoms with Gasteiger partial charge in [0.15, 0.2) is 6.29 Å². The third kappa shape index (κ3) is 4.91. The second-order valence-electron chi connectivity index (χ2n) is 8.33. The number of hydrogen-bond donors (Lipinski definition) is 1. The van der Waals surface area contributed by atoms with Crippen LogP contribution in [0, 0.1) is 0 Å². The van der Waals surface area contributed by atoms with Crippen LogP contribution in [-0.2, 0) is 23.1 Å². The number of pyridine rings is 1. The summed E-state index contributed by atoms with van der Waals surface area (Å²) in [6.07, 6.45) is 3.73. The zero-order valence-corrected chi connectivity index (χ0v) is 19.5. The molecule has 174 valence electrons. The highest BCUT2D eigenvalue weighted by atomic mass is 35.5. The Balaban J connectivity index is 1.68. The first-order valence-electron chi connectivity index (χ1n) is 11.1. The van der Waals surface area contributed by atoms with Crippen LogP contribution in [0.4, 0.5) is 0 Å². The summed E-state index contributed by atoms with van der Waals surface area (Å²) >= 11 is 5.98. The topological polar surface area (TPSA) is 95.6 Å². The molecule has 4 rings (SSSR count). The minimum atomic E-state index is -1.07. The predicted octanol–water partition coefficient (Wildman–Crippen LogP) is 1.02. The fourth-order valence-corrected chi connectivity index (χ4v) is 4.34. The second-order valence-corrected chi connectivity index (χ2v) is 8.76. The molecule has 10 heteroatoms. The van der Waals surface area contributed by atoms with Crippen molar-refractivity contribution in [1.82, 2.24) is 14.1 Å². The summed E-state index contributed by atoms with van der Waals surface area (Å²) in [5.41, 5.74) is 0.997. The number of ether oxygens (including phenoxy) is 2. The number of aromatic nitrogens is 3. The highest BCUT2D eigenvalue weighted by Gasteiger charge is 2.23. The Hall–Kier alpha value is -2.46. The molecule has 0 saturated carbocycles. The molecule has 2 aromatic heterocycles. The minimum Gasteiger partial charge on any atom is -0.384 e. The van der Waals surface area contributed by atoms with Crippen LogP contribution in [0.15, 0.2) is 40.1 Å². The summed E-state index contributed by atoms with van der Waals surface area (Å²) in [7, 11) is 3.36. The third-order valence-corrected chi connectivity index (χ3v) is 6.27. The largest absolute Gasteiger partial charge is 0.384 e. The van der Waals surface area contributed by atoms with E-state index >= 15 is 0 Å². The van der Waals surface area contributed by atoms with Gasteiger partial charge in [0.25, 0.3) is 5.56 Å². The molecular weight excluding hydrogens is 445 g/mol. The maximum absolute atomic E-state index is 13.5. The van der Waals surface area contributed by atoms with Gasteiger partial charge in [-0.15, -0.1) is 0 Å². The molecule has 1 saturated heterocycles. The number of benzene rings is 1. The number of aliphatic hydroxyl groups is 1. The number of aryl methyl sites for hydroxylation is 1. The summed E-state index contributed by atoms with van der Waals surface area (Å²) < 4.78 is 13.8. The molecule has 2 unspecified atom stereocenters. The van der Waals surface area contributed by atoms with Gasteiger partial charge in [-0.3, -0.25) is 13.9 Å². The number of rotatable bonds is 7. The number of halogens is 1. The second kappa shape index (κ2) is 10.2. The lowest BCUT2D eigenvalue weighted by atomic mass is 9.86. The van der Waals surface area contributed by atoms with Crippen LogP contribution in [0.2, 0.25) is 5.02 Å². The quantitative estimate of drug-likeness (QED) is 0.408. The Labute approximate surface area is 197 Å². The molecule has 3 aromatic rings. The van der Waals surface area contributed by atoms with E-state index in [1.54, 1.807) is 45.4 Å². The van der Waals surface area contributed by atoms with Gasteiger partial charge in [-0.05, 0) is 48.9 Å². The van der Waals surface area contributed by atoms with Gasteiger partial charge < -0.3 is 14.6 Å². The lowest BCUT2D eigenvalue weighted by Gasteiger charge is -2.22. The van der Waals surface area contributed by atoms with E-state index in [1.165, 1.54) is 9.13 Å². The van der Waals surface area contributed by atoms with Crippen molar-refractivity contribution in [2.45, 2.75) is 44.6 Å². The van der Waals surface area contributed by atoms with Crippen LogP contribution < -0.4 is 16.7 Å². The number of hydrogen-bond acceptors (Lipinski definition) is 6. The normalized spacial score (nSPS) is 17.4. The zero-order chi connectivity index (χ0) is 23.5. The van der Waals surface area contributed by atoms with Crippen LogP contribution in [0.3, 0.4) is 0 Å². The molecule has 0 radical (unpaired) electrons. The molecule has 2 atom stereocenters. The van der Waals surface area contributed by atoms with Crippen molar-refractivity contribution in [3.63, 3.8) is 0 Å². The van der Waals surface area contributed by atoms with Gasteiger partial charge in [-0.2, -0.15) is 0 Å². The first-order chi connectivity index (χ1) is 15.9. The van der Waals surface area contributed by atoms with Crippen molar-refractivity contribution in [1.29, 1.82) is 0 Å². The SMILES string of the molecule is Bc1cnc2c(c1C(O)c1ccc(Cl)cc1)c(=O)n(CCCOC1CCCCO1)c(=O)n2C. The van der Waals surface area contributed by atoms with Crippen LogP contribution in [-0.4, -0.2) is 46.6 Å². The van der Waals surface area contributed by atoms with Crippen molar-refractivity contribution in [2.75, 3.05) is 13.2 Å². The fourth-order valence-electron chi connectivity index (χ4n) is 4.21. The van der Waals surface area contributed by atoms with Gasteiger partial charge in [0, 0.05) is 31.4 Å². The first-order valence-corrected chi connectivity index (χ1v) is 11.5. The van der Waals surface area contributed by atoms with Gasteiger partial charge >= 0.3 is 5.69 Å². The Morgan fingerprint density at radius 1 is 1.30 bits per heavy atom. The van der Waals surface area contributed by atoms with Crippen LogP contribution in [0.1, 0.15) is 42.9 Å². The van der Waals surface area contributed by atoms with Gasteiger partial charge in [0.2, 0.25) is 0 Å². The molecule has 3 heterocycles. The van der Waals surface area contributed by atoms with Crippen molar-refractivity contribution in [3.8, 4) is 0 Å². The minimum absolute atomic E-state index is 0.193. The summed E-state index contributed by atoms with van der Waals surface area (Å²) in [5.74, 6) is 0.